The minimum absolute atomic E-state index is 0.506. The monoisotopic (exact) mass is 329 g/mol. The van der Waals surface area contributed by atoms with Gasteiger partial charge in [0, 0.05) is 5.69 Å². The molecule has 2 aromatic rings. The maximum absolute atomic E-state index is 12.7. The van der Waals surface area contributed by atoms with Crippen LogP contribution in [0.1, 0.15) is 27.7 Å². The van der Waals surface area contributed by atoms with Crippen LogP contribution in [0, 0.1) is 0 Å². The smallest absolute Gasteiger partial charge is 0.415 e. The lowest BCUT2D eigenvalue weighted by Crippen LogP contribution is -2.46. The molecule has 2 aromatic carbocycles. The van der Waals surface area contributed by atoms with Crippen LogP contribution in [0.4, 0.5) is 10.5 Å². The van der Waals surface area contributed by atoms with Crippen molar-refractivity contribution in [3.8, 4) is 0 Å². The molecule has 5 heteroatoms. The van der Waals surface area contributed by atoms with Gasteiger partial charge in [0.15, 0.2) is 0 Å². The number of ether oxygens (including phenoxy) is 2. The number of carbonyl (C=O) groups excluding carboxylic acids is 2. The number of hydrogen-bond donors (Lipinski definition) is 0. The predicted octanol–water partition coefficient (Wildman–Crippen LogP) is 4.14. The molecule has 0 spiro atoms. The van der Waals surface area contributed by atoms with Gasteiger partial charge in [0.25, 0.3) is 0 Å². The highest BCUT2D eigenvalue weighted by atomic mass is 16.6. The Hall–Kier alpha value is -2.56. The molecule has 24 heavy (non-hydrogen) atoms. The van der Waals surface area contributed by atoms with Crippen LogP contribution in [0.2, 0.25) is 0 Å². The average molecular weight is 329 g/mol. The molecular formula is C19H23NO4. The van der Waals surface area contributed by atoms with Crippen molar-refractivity contribution in [1.29, 1.82) is 0 Å². The van der Waals surface area contributed by atoms with Gasteiger partial charge in [0.2, 0.25) is 0 Å². The maximum atomic E-state index is 12.7. The number of hydrogen-bond acceptors (Lipinski definition) is 4. The molecule has 0 aliphatic rings. The third-order valence-corrected chi connectivity index (χ3v) is 3.53. The molecule has 0 radical (unpaired) electrons. The summed E-state index contributed by atoms with van der Waals surface area (Å²) >= 11 is 0. The zero-order chi connectivity index (χ0) is 17.9. The summed E-state index contributed by atoms with van der Waals surface area (Å²) in [5, 5.41) is 2.02. The van der Waals surface area contributed by atoms with E-state index in [2.05, 4.69) is 0 Å². The van der Waals surface area contributed by atoms with Crippen molar-refractivity contribution in [2.75, 3.05) is 12.0 Å². The van der Waals surface area contributed by atoms with Gasteiger partial charge in [0.1, 0.15) is 11.6 Å². The second kappa shape index (κ2) is 6.91. The molecule has 5 nitrogen and oxygen atoms in total. The predicted molar refractivity (Wildman–Crippen MR) is 94.1 cm³/mol. The molecule has 0 aromatic heterocycles. The van der Waals surface area contributed by atoms with E-state index >= 15 is 0 Å². The first-order valence-electron chi connectivity index (χ1n) is 7.82. The van der Waals surface area contributed by atoms with Gasteiger partial charge >= 0.3 is 12.1 Å². The highest BCUT2D eigenvalue weighted by Gasteiger charge is 2.32. The van der Waals surface area contributed by atoms with Gasteiger partial charge in [-0.3, -0.25) is 4.90 Å². The molecule has 0 saturated carbocycles. The van der Waals surface area contributed by atoms with Gasteiger partial charge in [-0.1, -0.05) is 30.3 Å². The number of methoxy groups -OCH3 is 1. The van der Waals surface area contributed by atoms with Crippen LogP contribution in [0.5, 0.6) is 0 Å². The summed E-state index contributed by atoms with van der Waals surface area (Å²) in [5.74, 6) is -0.506. The Bertz CT molecular complexity index is 748. The summed E-state index contributed by atoms with van der Waals surface area (Å²) < 4.78 is 10.3. The van der Waals surface area contributed by atoms with Crippen molar-refractivity contribution >= 4 is 28.5 Å². The minimum Gasteiger partial charge on any atom is -0.467 e. The van der Waals surface area contributed by atoms with E-state index in [4.69, 9.17) is 9.47 Å². The van der Waals surface area contributed by atoms with Crippen LogP contribution in [0.3, 0.4) is 0 Å². The lowest BCUT2D eigenvalue weighted by molar-refractivity contribution is -0.141. The van der Waals surface area contributed by atoms with E-state index in [0.29, 0.717) is 5.69 Å². The molecule has 0 aliphatic carbocycles. The van der Waals surface area contributed by atoms with Gasteiger partial charge in [-0.15, -0.1) is 0 Å². The van der Waals surface area contributed by atoms with E-state index in [-0.39, 0.29) is 0 Å². The first-order valence-corrected chi connectivity index (χ1v) is 7.82. The first-order chi connectivity index (χ1) is 11.2. The molecule has 1 atom stereocenters. The average Bonchev–Trinajstić information content (AvgIpc) is 2.52. The van der Waals surface area contributed by atoms with Crippen molar-refractivity contribution in [3.05, 3.63) is 42.5 Å². The Kier molecular flexibility index (Phi) is 5.12. The summed E-state index contributed by atoms with van der Waals surface area (Å²) in [5.41, 5.74) is -0.0805. The molecule has 0 saturated heterocycles. The van der Waals surface area contributed by atoms with Crippen LogP contribution in [0.25, 0.3) is 10.8 Å². The molecule has 0 aliphatic heterocycles. The van der Waals surface area contributed by atoms with Crippen molar-refractivity contribution in [2.45, 2.75) is 39.3 Å². The third-order valence-electron chi connectivity index (χ3n) is 3.53. The van der Waals surface area contributed by atoms with E-state index < -0.39 is 23.7 Å². The molecule has 0 bridgehead atoms. The number of carbonyl (C=O) groups is 2. The SMILES string of the molecule is COC(=O)C(C)N(C(=O)OC(C)(C)C)c1ccc2ccccc2c1. The number of anilines is 1. The Morgan fingerprint density at radius 2 is 1.67 bits per heavy atom. The number of nitrogens with zero attached hydrogens (tertiary/aromatic N) is 1. The van der Waals surface area contributed by atoms with Crippen molar-refractivity contribution in [1.82, 2.24) is 0 Å². The molecular weight excluding hydrogens is 306 g/mol. The number of esters is 1. The Morgan fingerprint density at radius 3 is 2.25 bits per heavy atom. The summed E-state index contributed by atoms with van der Waals surface area (Å²) in [6, 6.07) is 12.6. The number of benzene rings is 2. The fourth-order valence-electron chi connectivity index (χ4n) is 2.40. The van der Waals surface area contributed by atoms with Gasteiger partial charge in [-0.2, -0.15) is 0 Å². The maximum Gasteiger partial charge on any atom is 0.415 e. The molecule has 0 N–H and O–H groups in total. The second-order valence-corrected chi connectivity index (χ2v) is 6.58. The fourth-order valence-corrected chi connectivity index (χ4v) is 2.40. The lowest BCUT2D eigenvalue weighted by Gasteiger charge is -2.30. The normalized spacial score (nSPS) is 12.5. The van der Waals surface area contributed by atoms with Crippen molar-refractivity contribution in [2.24, 2.45) is 0 Å². The van der Waals surface area contributed by atoms with Gasteiger partial charge in [-0.05, 0) is 50.6 Å². The Balaban J connectivity index is 2.46. The second-order valence-electron chi connectivity index (χ2n) is 6.58. The highest BCUT2D eigenvalue weighted by molar-refractivity contribution is 5.98. The van der Waals surface area contributed by atoms with Crippen molar-refractivity contribution in [3.63, 3.8) is 0 Å². The molecule has 0 fully saturated rings. The summed E-state index contributed by atoms with van der Waals surface area (Å²) in [4.78, 5) is 26.0. The largest absolute Gasteiger partial charge is 0.467 e. The fraction of sp³-hybridized carbons (Fsp3) is 0.368. The minimum atomic E-state index is -0.800. The number of rotatable bonds is 3. The lowest BCUT2D eigenvalue weighted by atomic mass is 10.1. The summed E-state index contributed by atoms with van der Waals surface area (Å²) in [6.07, 6.45) is -0.587. The van der Waals surface area contributed by atoms with Gasteiger partial charge in [0.05, 0.1) is 7.11 Å². The Labute approximate surface area is 142 Å². The quantitative estimate of drug-likeness (QED) is 0.794. The first kappa shape index (κ1) is 17.8. The molecule has 1 unspecified atom stereocenters. The standard InChI is InChI=1S/C19H23NO4/c1-13(17(21)23-5)20(18(22)24-19(2,3)4)16-11-10-14-8-6-7-9-15(14)12-16/h6-13H,1-5H3. The van der Waals surface area contributed by atoms with E-state index in [1.54, 1.807) is 33.8 Å². The topological polar surface area (TPSA) is 55.8 Å². The Morgan fingerprint density at radius 1 is 1.04 bits per heavy atom. The van der Waals surface area contributed by atoms with E-state index in [9.17, 15) is 9.59 Å². The van der Waals surface area contributed by atoms with E-state index in [0.717, 1.165) is 10.8 Å². The zero-order valence-electron chi connectivity index (χ0n) is 14.7. The van der Waals surface area contributed by atoms with Gasteiger partial charge < -0.3 is 9.47 Å². The molecule has 2 rings (SSSR count). The van der Waals surface area contributed by atoms with Crippen LogP contribution in [-0.4, -0.2) is 30.8 Å². The molecule has 1 amide bonds. The highest BCUT2D eigenvalue weighted by Crippen LogP contribution is 2.26. The zero-order valence-corrected chi connectivity index (χ0v) is 14.7. The van der Waals surface area contributed by atoms with Crippen LogP contribution >= 0.6 is 0 Å². The van der Waals surface area contributed by atoms with Crippen molar-refractivity contribution < 1.29 is 19.1 Å². The van der Waals surface area contributed by atoms with E-state index in [1.165, 1.54) is 12.0 Å². The van der Waals surface area contributed by atoms with Crippen LogP contribution < -0.4 is 4.90 Å². The summed E-state index contributed by atoms with van der Waals surface area (Å²) in [6.45, 7) is 6.97. The third kappa shape index (κ3) is 4.04. The van der Waals surface area contributed by atoms with E-state index in [1.807, 2.05) is 36.4 Å². The number of fused-ring (bicyclic) bond motifs is 1. The summed E-state index contributed by atoms with van der Waals surface area (Å²) in [7, 11) is 1.30. The van der Waals surface area contributed by atoms with Crippen LogP contribution in [-0.2, 0) is 14.3 Å². The molecule has 128 valence electrons. The van der Waals surface area contributed by atoms with Gasteiger partial charge in [-0.25, -0.2) is 9.59 Å². The number of amides is 1. The molecule has 0 heterocycles. The van der Waals surface area contributed by atoms with Crippen LogP contribution in [0.15, 0.2) is 42.5 Å².